The first-order valence-corrected chi connectivity index (χ1v) is 10.2. The van der Waals surface area contributed by atoms with Crippen molar-refractivity contribution in [3.8, 4) is 17.0 Å². The molecule has 2 aromatic heterocycles. The van der Waals surface area contributed by atoms with E-state index in [0.717, 1.165) is 30.5 Å². The quantitative estimate of drug-likeness (QED) is 0.673. The molecule has 0 bridgehead atoms. The molecule has 3 rings (SSSR count). The molecule has 0 aliphatic carbocycles. The summed E-state index contributed by atoms with van der Waals surface area (Å²) < 4.78 is 5.21. The minimum atomic E-state index is -0.145. The molecule has 2 aromatic rings. The number of anilines is 1. The average molecular weight is 412 g/mol. The van der Waals surface area contributed by atoms with E-state index in [2.05, 4.69) is 14.9 Å². The van der Waals surface area contributed by atoms with Crippen LogP contribution in [-0.4, -0.2) is 60.1 Å². The minimum Gasteiger partial charge on any atom is -0.481 e. The third-order valence-corrected chi connectivity index (χ3v) is 5.36. The predicted molar refractivity (Wildman–Crippen MR) is 118 cm³/mol. The lowest BCUT2D eigenvalue weighted by Gasteiger charge is -2.39. The van der Waals surface area contributed by atoms with E-state index in [1.54, 1.807) is 25.6 Å². The van der Waals surface area contributed by atoms with Gasteiger partial charge in [0.15, 0.2) is 0 Å². The molecular formula is C22H29N5O3. The summed E-state index contributed by atoms with van der Waals surface area (Å²) in [4.78, 5) is 36.0. The number of pyridine rings is 2. The van der Waals surface area contributed by atoms with Crippen LogP contribution >= 0.6 is 0 Å². The number of likely N-dealkylation sites (N-methyl/N-ethyl adjacent to an activating group) is 1. The molecule has 3 N–H and O–H groups in total. The number of carbonyl (C=O) groups excluding carboxylic acids is 1. The van der Waals surface area contributed by atoms with Gasteiger partial charge < -0.3 is 25.3 Å². The monoisotopic (exact) mass is 411 g/mol. The zero-order valence-electron chi connectivity index (χ0n) is 17.5. The molecule has 30 heavy (non-hydrogen) atoms. The molecule has 1 aliphatic heterocycles. The first-order chi connectivity index (χ1) is 14.6. The van der Waals surface area contributed by atoms with Gasteiger partial charge in [-0.1, -0.05) is 6.08 Å². The van der Waals surface area contributed by atoms with Crippen LogP contribution in [0.4, 0.5) is 5.69 Å². The van der Waals surface area contributed by atoms with Crippen molar-refractivity contribution in [1.29, 1.82) is 0 Å². The maximum absolute atomic E-state index is 12.7. The maximum Gasteiger partial charge on any atom is 0.271 e. The van der Waals surface area contributed by atoms with Crippen molar-refractivity contribution in [3.05, 3.63) is 53.1 Å². The molecule has 8 heteroatoms. The second-order valence-corrected chi connectivity index (χ2v) is 7.19. The topological polar surface area (TPSA) is 105 Å². The van der Waals surface area contributed by atoms with Crippen LogP contribution < -0.4 is 20.9 Å². The lowest BCUT2D eigenvalue weighted by molar-refractivity contribution is -0.127. The number of nitrogens with two attached hydrogens (primary N) is 1. The number of nitrogens with one attached hydrogen (secondary N) is 1. The molecule has 8 nitrogen and oxygen atoms in total. The van der Waals surface area contributed by atoms with E-state index in [1.807, 2.05) is 30.0 Å². The average Bonchev–Trinajstić information content (AvgIpc) is 2.79. The minimum absolute atomic E-state index is 0.0345. The van der Waals surface area contributed by atoms with Crippen LogP contribution in [0.1, 0.15) is 19.8 Å². The normalized spacial score (nSPS) is 16.6. The van der Waals surface area contributed by atoms with E-state index in [-0.39, 0.29) is 17.5 Å². The molecule has 1 fully saturated rings. The molecule has 0 saturated carbocycles. The predicted octanol–water partition coefficient (Wildman–Crippen LogP) is 1.78. The first-order valence-electron chi connectivity index (χ1n) is 10.2. The van der Waals surface area contributed by atoms with Gasteiger partial charge in [0.2, 0.25) is 11.8 Å². The van der Waals surface area contributed by atoms with E-state index in [9.17, 15) is 9.59 Å². The van der Waals surface area contributed by atoms with Crippen LogP contribution in [0, 0.1) is 0 Å². The standard InChI is InChI=1S/C22H29N5O3/c1-3-27(18-6-5-11-26(15-18)21(28)7-4-9-23)19-12-17(14-25-22(19)29)16-8-10-24-20(13-16)30-2/h4,7-8,10,12-14,18H,3,5-6,9,11,15,23H2,1-2H3,(H,25,29)/b7-4+/t18-/m0/s1. The molecule has 1 amide bonds. The fourth-order valence-corrected chi connectivity index (χ4v) is 3.86. The highest BCUT2D eigenvalue weighted by Crippen LogP contribution is 2.26. The van der Waals surface area contributed by atoms with Gasteiger partial charge in [0.25, 0.3) is 5.56 Å². The van der Waals surface area contributed by atoms with Gasteiger partial charge in [-0.25, -0.2) is 4.98 Å². The van der Waals surface area contributed by atoms with Crippen LogP contribution in [0.25, 0.3) is 11.1 Å². The SMILES string of the molecule is CCN(c1cc(-c2ccnc(OC)c2)c[nH]c1=O)[C@H]1CCCN(C(=O)/C=C/CN)C1. The van der Waals surface area contributed by atoms with Crippen molar-refractivity contribution in [2.75, 3.05) is 38.2 Å². The van der Waals surface area contributed by atoms with Gasteiger partial charge >= 0.3 is 0 Å². The van der Waals surface area contributed by atoms with E-state index >= 15 is 0 Å². The second-order valence-electron chi connectivity index (χ2n) is 7.19. The van der Waals surface area contributed by atoms with Crippen molar-refractivity contribution in [2.24, 2.45) is 5.73 Å². The Labute approximate surface area is 176 Å². The van der Waals surface area contributed by atoms with Gasteiger partial charge in [-0.15, -0.1) is 0 Å². The number of ether oxygens (including phenoxy) is 1. The Bertz CT molecular complexity index is 956. The molecule has 1 saturated heterocycles. The molecule has 0 radical (unpaired) electrons. The summed E-state index contributed by atoms with van der Waals surface area (Å²) in [6.45, 7) is 4.32. The van der Waals surface area contributed by atoms with Crippen LogP contribution in [0.3, 0.4) is 0 Å². The number of H-pyrrole nitrogens is 1. The van der Waals surface area contributed by atoms with Crippen molar-refractivity contribution in [2.45, 2.75) is 25.8 Å². The Hall–Kier alpha value is -3.13. The van der Waals surface area contributed by atoms with E-state index in [0.29, 0.717) is 31.2 Å². The van der Waals surface area contributed by atoms with Crippen LogP contribution in [0.15, 0.2) is 47.5 Å². The molecule has 0 spiro atoms. The Balaban J connectivity index is 1.88. The molecule has 160 valence electrons. The fourth-order valence-electron chi connectivity index (χ4n) is 3.86. The van der Waals surface area contributed by atoms with E-state index in [1.165, 1.54) is 6.08 Å². The summed E-state index contributed by atoms with van der Waals surface area (Å²) in [6, 6.07) is 5.67. The van der Waals surface area contributed by atoms with Crippen molar-refractivity contribution < 1.29 is 9.53 Å². The highest BCUT2D eigenvalue weighted by molar-refractivity contribution is 5.87. The summed E-state index contributed by atoms with van der Waals surface area (Å²) >= 11 is 0. The summed E-state index contributed by atoms with van der Waals surface area (Å²) in [5, 5.41) is 0. The van der Waals surface area contributed by atoms with Crippen molar-refractivity contribution in [1.82, 2.24) is 14.9 Å². The number of carbonyl (C=O) groups is 1. The fraction of sp³-hybridized carbons (Fsp3) is 0.409. The van der Waals surface area contributed by atoms with Gasteiger partial charge in [-0.05, 0) is 37.5 Å². The molecule has 3 heterocycles. The molecule has 1 aliphatic rings. The number of aromatic nitrogens is 2. The smallest absolute Gasteiger partial charge is 0.271 e. The Morgan fingerprint density at radius 2 is 2.27 bits per heavy atom. The van der Waals surface area contributed by atoms with Gasteiger partial charge in [0.1, 0.15) is 5.69 Å². The summed E-state index contributed by atoms with van der Waals surface area (Å²) in [5.74, 6) is 0.479. The molecule has 1 atom stereocenters. The van der Waals surface area contributed by atoms with Crippen LogP contribution in [0.2, 0.25) is 0 Å². The zero-order valence-corrected chi connectivity index (χ0v) is 17.5. The lowest BCUT2D eigenvalue weighted by atomic mass is 10.0. The number of hydrogen-bond acceptors (Lipinski definition) is 6. The van der Waals surface area contributed by atoms with Crippen molar-refractivity contribution >= 4 is 11.6 Å². The van der Waals surface area contributed by atoms with Gasteiger partial charge in [0, 0.05) is 62.3 Å². The second kappa shape index (κ2) is 10.1. The highest BCUT2D eigenvalue weighted by atomic mass is 16.5. The van der Waals surface area contributed by atoms with Gasteiger partial charge in [-0.3, -0.25) is 9.59 Å². The third-order valence-electron chi connectivity index (χ3n) is 5.36. The molecule has 0 unspecified atom stereocenters. The van der Waals surface area contributed by atoms with Gasteiger partial charge in [-0.2, -0.15) is 0 Å². The molecular weight excluding hydrogens is 382 g/mol. The highest BCUT2D eigenvalue weighted by Gasteiger charge is 2.28. The zero-order chi connectivity index (χ0) is 21.5. The number of likely N-dealkylation sites (tertiary alicyclic amines) is 1. The Kier molecular flexibility index (Phi) is 7.24. The Morgan fingerprint density at radius 1 is 1.43 bits per heavy atom. The first kappa shape index (κ1) is 21.6. The number of piperidine rings is 1. The number of rotatable bonds is 7. The van der Waals surface area contributed by atoms with E-state index < -0.39 is 0 Å². The summed E-state index contributed by atoms with van der Waals surface area (Å²) in [7, 11) is 1.57. The Morgan fingerprint density at radius 3 is 3.00 bits per heavy atom. The number of nitrogens with zero attached hydrogens (tertiary/aromatic N) is 3. The largest absolute Gasteiger partial charge is 0.481 e. The van der Waals surface area contributed by atoms with E-state index in [4.69, 9.17) is 10.5 Å². The number of aromatic amines is 1. The summed E-state index contributed by atoms with van der Waals surface area (Å²) in [5.41, 5.74) is 7.69. The number of methoxy groups -OCH3 is 1. The number of hydrogen-bond donors (Lipinski definition) is 2. The third kappa shape index (κ3) is 4.88. The maximum atomic E-state index is 12.7. The van der Waals surface area contributed by atoms with Crippen LogP contribution in [-0.2, 0) is 4.79 Å². The molecule has 0 aromatic carbocycles. The van der Waals surface area contributed by atoms with Gasteiger partial charge in [0.05, 0.1) is 7.11 Å². The summed E-state index contributed by atoms with van der Waals surface area (Å²) in [6.07, 6.45) is 8.38. The lowest BCUT2D eigenvalue weighted by Crippen LogP contribution is -2.50. The number of amides is 1. The van der Waals surface area contributed by atoms with Crippen molar-refractivity contribution in [3.63, 3.8) is 0 Å². The van der Waals surface area contributed by atoms with Crippen LogP contribution in [0.5, 0.6) is 5.88 Å².